The number of benzene rings is 3. The normalized spacial score (nSPS) is 20.1. The number of aromatic nitrogens is 2. The molecule has 6 heteroatoms. The van der Waals surface area contributed by atoms with Crippen LogP contribution in [0.3, 0.4) is 0 Å². The van der Waals surface area contributed by atoms with Crippen molar-refractivity contribution in [1.29, 1.82) is 0 Å². The van der Waals surface area contributed by atoms with Gasteiger partial charge in [0.1, 0.15) is 5.75 Å². The van der Waals surface area contributed by atoms with E-state index in [1.807, 2.05) is 60.7 Å². The van der Waals surface area contributed by atoms with Crippen molar-refractivity contribution >= 4 is 34.4 Å². The van der Waals surface area contributed by atoms with E-state index >= 15 is 0 Å². The van der Waals surface area contributed by atoms with E-state index in [9.17, 15) is 9.90 Å². The smallest absolute Gasteiger partial charge is 0.209 e. The number of fused-ring (bicyclic) bond motifs is 3. The number of carbonyl (C=O) groups is 1. The van der Waals surface area contributed by atoms with Crippen LogP contribution in [-0.4, -0.2) is 20.4 Å². The predicted octanol–water partition coefficient (Wildman–Crippen LogP) is 5.81. The molecule has 32 heavy (non-hydrogen) atoms. The van der Waals surface area contributed by atoms with Gasteiger partial charge in [-0.2, -0.15) is 0 Å². The third-order valence-corrected chi connectivity index (χ3v) is 6.66. The third kappa shape index (κ3) is 3.00. The van der Waals surface area contributed by atoms with Gasteiger partial charge in [0.15, 0.2) is 5.78 Å². The van der Waals surface area contributed by atoms with Crippen molar-refractivity contribution in [3.05, 3.63) is 100 Å². The Balaban J connectivity index is 1.52. The highest BCUT2D eigenvalue weighted by atomic mass is 35.5. The van der Waals surface area contributed by atoms with Gasteiger partial charge in [-0.15, -0.1) is 0 Å². The Hall–Kier alpha value is -3.57. The number of Topliss-reactive ketones (excluding diaryl/α,β-unsaturated/α-hetero) is 1. The van der Waals surface area contributed by atoms with Crippen LogP contribution in [0.5, 0.6) is 5.75 Å². The molecule has 6 rings (SSSR count). The average molecular weight is 442 g/mol. The van der Waals surface area contributed by atoms with E-state index in [2.05, 4.69) is 9.88 Å². The van der Waals surface area contributed by atoms with Gasteiger partial charge in [0.2, 0.25) is 5.95 Å². The van der Waals surface area contributed by atoms with Crippen LogP contribution < -0.4 is 5.32 Å². The van der Waals surface area contributed by atoms with Gasteiger partial charge in [0, 0.05) is 22.7 Å². The van der Waals surface area contributed by atoms with Gasteiger partial charge in [-0.25, -0.2) is 4.98 Å². The highest BCUT2D eigenvalue weighted by Gasteiger charge is 2.39. The van der Waals surface area contributed by atoms with E-state index in [0.29, 0.717) is 17.9 Å². The molecule has 0 amide bonds. The Kier molecular flexibility index (Phi) is 4.33. The summed E-state index contributed by atoms with van der Waals surface area (Å²) in [6.07, 6.45) is 1.14. The van der Waals surface area contributed by atoms with Gasteiger partial charge in [-0.05, 0) is 59.9 Å². The summed E-state index contributed by atoms with van der Waals surface area (Å²) >= 11 is 6.22. The Morgan fingerprint density at radius 2 is 1.78 bits per heavy atom. The molecule has 2 N–H and O–H groups in total. The first kappa shape index (κ1) is 19.1. The number of phenolic OH excluding ortho intramolecular Hbond substituents is 1. The molecule has 0 saturated carbocycles. The topological polar surface area (TPSA) is 67.1 Å². The van der Waals surface area contributed by atoms with Crippen LogP contribution in [0.4, 0.5) is 5.95 Å². The lowest BCUT2D eigenvalue weighted by atomic mass is 9.77. The van der Waals surface area contributed by atoms with Gasteiger partial charge in [0.05, 0.1) is 17.1 Å². The monoisotopic (exact) mass is 441 g/mol. The lowest BCUT2D eigenvalue weighted by molar-refractivity contribution is -0.116. The van der Waals surface area contributed by atoms with Crippen LogP contribution in [0.1, 0.15) is 35.9 Å². The second-order valence-corrected chi connectivity index (χ2v) is 8.83. The number of hydrogen-bond donors (Lipinski definition) is 2. The standard InChI is InChI=1S/C26H20ClN3O2/c27-18-5-3-4-16(12-18)17-13-21-24(23(32)14-17)25(15-8-10-19(31)11-9-15)30-22-7-2-1-6-20(22)28-26(30)29-21/h1-12,17,25,31H,13-14H2,(H,28,29). The highest BCUT2D eigenvalue weighted by Crippen LogP contribution is 2.46. The van der Waals surface area contributed by atoms with Crippen molar-refractivity contribution in [2.24, 2.45) is 0 Å². The number of nitrogens with one attached hydrogen (secondary N) is 1. The molecule has 1 aliphatic carbocycles. The third-order valence-electron chi connectivity index (χ3n) is 6.43. The number of nitrogens with zero attached hydrogens (tertiary/aromatic N) is 2. The summed E-state index contributed by atoms with van der Waals surface area (Å²) in [4.78, 5) is 18.4. The maximum absolute atomic E-state index is 13.6. The molecular formula is C26H20ClN3O2. The molecule has 0 saturated heterocycles. The lowest BCUT2D eigenvalue weighted by Crippen LogP contribution is -2.33. The van der Waals surface area contributed by atoms with Gasteiger partial charge in [0.25, 0.3) is 0 Å². The average Bonchev–Trinajstić information content (AvgIpc) is 3.16. The van der Waals surface area contributed by atoms with E-state index in [0.717, 1.165) is 39.4 Å². The molecular weight excluding hydrogens is 422 g/mol. The van der Waals surface area contributed by atoms with Crippen molar-refractivity contribution in [2.45, 2.75) is 24.8 Å². The zero-order chi connectivity index (χ0) is 21.8. The molecule has 3 aromatic carbocycles. The maximum Gasteiger partial charge on any atom is 0.209 e. The summed E-state index contributed by atoms with van der Waals surface area (Å²) in [5.41, 5.74) is 5.52. The Morgan fingerprint density at radius 3 is 2.59 bits per heavy atom. The number of rotatable bonds is 2. The Bertz CT molecular complexity index is 1400. The molecule has 1 aliphatic heterocycles. The van der Waals surface area contributed by atoms with Crippen LogP contribution in [-0.2, 0) is 4.79 Å². The van der Waals surface area contributed by atoms with E-state index in [1.54, 1.807) is 12.1 Å². The predicted molar refractivity (Wildman–Crippen MR) is 125 cm³/mol. The number of halogens is 1. The van der Waals surface area contributed by atoms with Crippen molar-refractivity contribution in [1.82, 2.24) is 9.55 Å². The fraction of sp³-hybridized carbons (Fsp3) is 0.154. The number of imidazole rings is 1. The first-order chi connectivity index (χ1) is 15.6. The van der Waals surface area contributed by atoms with Crippen LogP contribution in [0.2, 0.25) is 5.02 Å². The van der Waals surface area contributed by atoms with Gasteiger partial charge >= 0.3 is 0 Å². The summed E-state index contributed by atoms with van der Waals surface area (Å²) in [7, 11) is 0. The number of para-hydroxylation sites is 2. The largest absolute Gasteiger partial charge is 0.508 e. The van der Waals surface area contributed by atoms with Gasteiger partial charge in [-0.1, -0.05) is 48.0 Å². The summed E-state index contributed by atoms with van der Waals surface area (Å²) in [6.45, 7) is 0. The fourth-order valence-electron chi connectivity index (χ4n) is 4.99. The molecule has 158 valence electrons. The molecule has 0 fully saturated rings. The minimum absolute atomic E-state index is 0.0591. The molecule has 4 aromatic rings. The molecule has 2 atom stereocenters. The van der Waals surface area contributed by atoms with Crippen LogP contribution in [0.15, 0.2) is 84.1 Å². The SMILES string of the molecule is O=C1CC(c2cccc(Cl)c2)CC2=C1C(c1ccc(O)cc1)n1c(nc3ccccc31)N2. The number of allylic oxidation sites excluding steroid dienone is 2. The van der Waals surface area contributed by atoms with E-state index in [1.165, 1.54) is 0 Å². The minimum atomic E-state index is -0.304. The van der Waals surface area contributed by atoms with E-state index in [-0.39, 0.29) is 23.5 Å². The lowest BCUT2D eigenvalue weighted by Gasteiger charge is -2.36. The van der Waals surface area contributed by atoms with Gasteiger partial charge in [-0.3, -0.25) is 9.36 Å². The van der Waals surface area contributed by atoms with E-state index in [4.69, 9.17) is 16.6 Å². The fourth-order valence-corrected chi connectivity index (χ4v) is 5.19. The van der Waals surface area contributed by atoms with Crippen molar-refractivity contribution in [2.75, 3.05) is 5.32 Å². The second kappa shape index (κ2) is 7.24. The maximum atomic E-state index is 13.6. The van der Waals surface area contributed by atoms with Crippen molar-refractivity contribution < 1.29 is 9.90 Å². The summed E-state index contributed by atoms with van der Waals surface area (Å²) in [5, 5.41) is 14.0. The first-order valence-corrected chi connectivity index (χ1v) is 11.0. The molecule has 0 bridgehead atoms. The molecule has 0 radical (unpaired) electrons. The Labute approximate surface area is 190 Å². The molecule has 5 nitrogen and oxygen atoms in total. The number of aromatic hydroxyl groups is 1. The van der Waals surface area contributed by atoms with Crippen LogP contribution in [0.25, 0.3) is 11.0 Å². The number of phenols is 1. The molecule has 2 aliphatic rings. The molecule has 1 aromatic heterocycles. The van der Waals surface area contributed by atoms with Crippen molar-refractivity contribution in [3.63, 3.8) is 0 Å². The Morgan fingerprint density at radius 1 is 0.969 bits per heavy atom. The van der Waals surface area contributed by atoms with E-state index < -0.39 is 0 Å². The van der Waals surface area contributed by atoms with Crippen molar-refractivity contribution in [3.8, 4) is 5.75 Å². The van der Waals surface area contributed by atoms with Crippen LogP contribution in [0, 0.1) is 0 Å². The minimum Gasteiger partial charge on any atom is -0.508 e. The summed E-state index contributed by atoms with van der Waals surface area (Å²) in [5.74, 6) is 1.10. The van der Waals surface area contributed by atoms with Crippen LogP contribution >= 0.6 is 11.6 Å². The number of carbonyl (C=O) groups excluding carboxylic acids is 1. The number of hydrogen-bond acceptors (Lipinski definition) is 4. The summed E-state index contributed by atoms with van der Waals surface area (Å²) in [6, 6.07) is 22.5. The number of anilines is 1. The quantitative estimate of drug-likeness (QED) is 0.412. The molecule has 0 spiro atoms. The zero-order valence-electron chi connectivity index (χ0n) is 17.1. The highest BCUT2D eigenvalue weighted by molar-refractivity contribution is 6.30. The second-order valence-electron chi connectivity index (χ2n) is 8.39. The molecule has 2 heterocycles. The number of ketones is 1. The van der Waals surface area contributed by atoms with Gasteiger partial charge < -0.3 is 10.4 Å². The summed E-state index contributed by atoms with van der Waals surface area (Å²) < 4.78 is 2.10. The first-order valence-electron chi connectivity index (χ1n) is 10.6. The zero-order valence-corrected chi connectivity index (χ0v) is 17.9. The molecule has 2 unspecified atom stereocenters.